The third-order valence-corrected chi connectivity index (χ3v) is 5.02. The van der Waals surface area contributed by atoms with E-state index in [2.05, 4.69) is 9.71 Å². The van der Waals surface area contributed by atoms with Crippen molar-refractivity contribution in [1.82, 2.24) is 4.72 Å². The highest BCUT2D eigenvalue weighted by molar-refractivity contribution is 8.00. The fourth-order valence-corrected chi connectivity index (χ4v) is 3.84. The number of aliphatic imine (C=N–C) groups is 1. The molecule has 0 amide bonds. The second-order valence-electron chi connectivity index (χ2n) is 4.85. The molecule has 0 saturated carbocycles. The van der Waals surface area contributed by atoms with E-state index < -0.39 is 10.0 Å². The van der Waals surface area contributed by atoms with E-state index in [0.717, 1.165) is 6.42 Å². The Labute approximate surface area is 136 Å². The third-order valence-electron chi connectivity index (χ3n) is 3.22. The zero-order valence-corrected chi connectivity index (χ0v) is 14.2. The number of hydrogen-bond acceptors (Lipinski definition) is 4. The minimum absolute atomic E-state index is 0.257. The summed E-state index contributed by atoms with van der Waals surface area (Å²) in [6.45, 7) is 5.49. The van der Waals surface area contributed by atoms with Gasteiger partial charge in [0.2, 0.25) is 0 Å². The maximum absolute atomic E-state index is 12.3. The van der Waals surface area contributed by atoms with Crippen LogP contribution < -0.4 is 4.72 Å². The van der Waals surface area contributed by atoms with Crippen LogP contribution in [0, 0.1) is 0 Å². The zero-order chi connectivity index (χ0) is 16.2. The zero-order valence-electron chi connectivity index (χ0n) is 12.6. The molecule has 7 heteroatoms. The molecule has 0 bridgehead atoms. The summed E-state index contributed by atoms with van der Waals surface area (Å²) in [5.41, 5.74) is 1.23. The molecule has 22 heavy (non-hydrogen) atoms. The maximum Gasteiger partial charge on any atom is 0.264 e. The molecule has 0 unspecified atom stereocenters. The van der Waals surface area contributed by atoms with E-state index in [0.29, 0.717) is 41.8 Å². The van der Waals surface area contributed by atoms with Crippen molar-refractivity contribution in [2.75, 3.05) is 19.8 Å². The number of benzene rings is 1. The van der Waals surface area contributed by atoms with E-state index in [9.17, 15) is 8.42 Å². The van der Waals surface area contributed by atoms with Gasteiger partial charge in [-0.1, -0.05) is 23.7 Å². The SMILES string of the molecule is CCOCCCN=C1NS(=O)(=O)C(c2ccc(Cl)cc2)=C1C. The molecule has 0 fully saturated rings. The molecule has 1 aliphatic rings. The topological polar surface area (TPSA) is 67.8 Å². The summed E-state index contributed by atoms with van der Waals surface area (Å²) < 4.78 is 32.3. The van der Waals surface area contributed by atoms with Crippen molar-refractivity contribution in [3.05, 3.63) is 40.4 Å². The average Bonchev–Trinajstić information content (AvgIpc) is 2.70. The van der Waals surface area contributed by atoms with E-state index in [1.807, 2.05) is 6.92 Å². The van der Waals surface area contributed by atoms with Crippen LogP contribution in [-0.2, 0) is 14.8 Å². The van der Waals surface area contributed by atoms with Crippen molar-refractivity contribution < 1.29 is 13.2 Å². The Balaban J connectivity index is 2.23. The molecule has 5 nitrogen and oxygen atoms in total. The smallest absolute Gasteiger partial charge is 0.264 e. The summed E-state index contributed by atoms with van der Waals surface area (Å²) in [4.78, 5) is 4.58. The first-order chi connectivity index (χ1) is 10.5. The van der Waals surface area contributed by atoms with Crippen molar-refractivity contribution in [3.63, 3.8) is 0 Å². The monoisotopic (exact) mass is 342 g/mol. The van der Waals surface area contributed by atoms with Crippen LogP contribution in [0.15, 0.2) is 34.8 Å². The molecular weight excluding hydrogens is 324 g/mol. The van der Waals surface area contributed by atoms with Crippen LogP contribution in [0.2, 0.25) is 5.02 Å². The van der Waals surface area contributed by atoms with Gasteiger partial charge < -0.3 is 4.74 Å². The molecule has 0 spiro atoms. The lowest BCUT2D eigenvalue weighted by Crippen LogP contribution is -2.23. The van der Waals surface area contributed by atoms with Crippen molar-refractivity contribution in [2.45, 2.75) is 20.3 Å². The van der Waals surface area contributed by atoms with Crippen LogP contribution >= 0.6 is 11.6 Å². The molecule has 0 saturated heterocycles. The Morgan fingerprint density at radius 1 is 1.27 bits per heavy atom. The van der Waals surface area contributed by atoms with Crippen LogP contribution in [0.5, 0.6) is 0 Å². The van der Waals surface area contributed by atoms with E-state index in [4.69, 9.17) is 16.3 Å². The summed E-state index contributed by atoms with van der Waals surface area (Å²) in [5.74, 6) is 0.404. The summed E-state index contributed by atoms with van der Waals surface area (Å²) in [6.07, 6.45) is 0.753. The number of amidine groups is 1. The van der Waals surface area contributed by atoms with Gasteiger partial charge in [-0.3, -0.25) is 9.71 Å². The van der Waals surface area contributed by atoms with Gasteiger partial charge in [0.05, 0.1) is 0 Å². The molecule has 0 atom stereocenters. The number of nitrogens with one attached hydrogen (secondary N) is 1. The number of rotatable bonds is 6. The second-order valence-corrected chi connectivity index (χ2v) is 6.90. The molecule has 1 heterocycles. The highest BCUT2D eigenvalue weighted by Crippen LogP contribution is 2.30. The van der Waals surface area contributed by atoms with Crippen molar-refractivity contribution in [3.8, 4) is 0 Å². The van der Waals surface area contributed by atoms with Gasteiger partial charge in [-0.25, -0.2) is 8.42 Å². The van der Waals surface area contributed by atoms with Crippen LogP contribution in [-0.4, -0.2) is 34.0 Å². The summed E-state index contributed by atoms with van der Waals surface area (Å²) in [7, 11) is -3.57. The van der Waals surface area contributed by atoms with Gasteiger partial charge in [0, 0.05) is 30.4 Å². The summed E-state index contributed by atoms with van der Waals surface area (Å²) in [5, 5.41) is 0.565. The van der Waals surface area contributed by atoms with Gasteiger partial charge in [0.15, 0.2) is 0 Å². The molecule has 0 radical (unpaired) electrons. The molecule has 1 aliphatic heterocycles. The number of halogens is 1. The first-order valence-corrected chi connectivity index (χ1v) is 8.94. The van der Waals surface area contributed by atoms with Crippen molar-refractivity contribution in [2.24, 2.45) is 4.99 Å². The molecular formula is C15H19ClN2O3S. The Hall–Kier alpha value is -1.37. The number of sulfonamides is 1. The lowest BCUT2D eigenvalue weighted by Gasteiger charge is -2.02. The maximum atomic E-state index is 12.3. The van der Waals surface area contributed by atoms with Gasteiger partial charge in [-0.15, -0.1) is 0 Å². The lowest BCUT2D eigenvalue weighted by atomic mass is 10.1. The van der Waals surface area contributed by atoms with Crippen molar-refractivity contribution >= 4 is 32.4 Å². The van der Waals surface area contributed by atoms with Gasteiger partial charge in [0.25, 0.3) is 10.0 Å². The molecule has 120 valence electrons. The fraction of sp³-hybridized carbons (Fsp3) is 0.400. The molecule has 1 N–H and O–H groups in total. The highest BCUT2D eigenvalue weighted by Gasteiger charge is 2.32. The quantitative estimate of drug-likeness (QED) is 0.808. The fourth-order valence-electron chi connectivity index (χ4n) is 2.19. The first-order valence-electron chi connectivity index (χ1n) is 7.08. The summed E-state index contributed by atoms with van der Waals surface area (Å²) in [6, 6.07) is 6.73. The number of nitrogens with zero attached hydrogens (tertiary/aromatic N) is 1. The molecule has 1 aromatic rings. The average molecular weight is 343 g/mol. The van der Waals surface area contributed by atoms with Gasteiger partial charge in [-0.2, -0.15) is 0 Å². The number of ether oxygens (including phenoxy) is 1. The predicted molar refractivity (Wildman–Crippen MR) is 89.5 cm³/mol. The minimum atomic E-state index is -3.57. The Morgan fingerprint density at radius 3 is 2.59 bits per heavy atom. The van der Waals surface area contributed by atoms with E-state index in [1.165, 1.54) is 0 Å². The van der Waals surface area contributed by atoms with Crippen LogP contribution in [0.25, 0.3) is 4.91 Å². The summed E-state index contributed by atoms with van der Waals surface area (Å²) >= 11 is 5.85. The van der Waals surface area contributed by atoms with E-state index in [1.54, 1.807) is 31.2 Å². The first kappa shape index (κ1) is 17.0. The van der Waals surface area contributed by atoms with Crippen LogP contribution in [0.4, 0.5) is 0 Å². The van der Waals surface area contributed by atoms with Crippen LogP contribution in [0.3, 0.4) is 0 Å². The largest absolute Gasteiger partial charge is 0.382 e. The number of hydrogen-bond donors (Lipinski definition) is 1. The van der Waals surface area contributed by atoms with Crippen molar-refractivity contribution in [1.29, 1.82) is 0 Å². The minimum Gasteiger partial charge on any atom is -0.382 e. The Morgan fingerprint density at radius 2 is 1.95 bits per heavy atom. The van der Waals surface area contributed by atoms with Gasteiger partial charge in [-0.05, 0) is 38.0 Å². The molecule has 0 aliphatic carbocycles. The standard InChI is InChI=1S/C15H19ClN2O3S/c1-3-21-10-4-9-17-15-11(2)14(22(19,20)18-15)12-5-7-13(16)8-6-12/h5-8H,3-4,9-10H2,1-2H3,(H,17,18). The van der Waals surface area contributed by atoms with E-state index in [-0.39, 0.29) is 4.91 Å². The van der Waals surface area contributed by atoms with Gasteiger partial charge in [0.1, 0.15) is 10.7 Å². The molecule has 2 rings (SSSR count). The van der Waals surface area contributed by atoms with E-state index >= 15 is 0 Å². The molecule has 1 aromatic carbocycles. The Bertz CT molecular complexity index is 694. The van der Waals surface area contributed by atoms with Gasteiger partial charge >= 0.3 is 0 Å². The highest BCUT2D eigenvalue weighted by atomic mass is 35.5. The van der Waals surface area contributed by atoms with Crippen LogP contribution in [0.1, 0.15) is 25.8 Å². The molecule has 0 aromatic heterocycles. The lowest BCUT2D eigenvalue weighted by molar-refractivity contribution is 0.146. The Kier molecular flexibility index (Phi) is 5.61. The third kappa shape index (κ3) is 3.88. The normalized spacial score (nSPS) is 18.8. The second kappa shape index (κ2) is 7.26. The predicted octanol–water partition coefficient (Wildman–Crippen LogP) is 2.83.